The highest BCUT2D eigenvalue weighted by Crippen LogP contribution is 2.34. The number of aryl methyl sites for hydroxylation is 2. The largest absolute Gasteiger partial charge is 0.493 e. The highest BCUT2D eigenvalue weighted by molar-refractivity contribution is 5.76. The lowest BCUT2D eigenvalue weighted by atomic mass is 9.90. The van der Waals surface area contributed by atoms with Gasteiger partial charge in [0.15, 0.2) is 0 Å². The maximum Gasteiger partial charge on any atom is 0.150 e. The van der Waals surface area contributed by atoms with Crippen LogP contribution in [0.15, 0.2) is 54.6 Å². The highest BCUT2D eigenvalue weighted by atomic mass is 16.5. The van der Waals surface area contributed by atoms with Crippen molar-refractivity contribution in [2.75, 3.05) is 6.61 Å². The Hall–Kier alpha value is -3.11. The Kier molecular flexibility index (Phi) is 7.48. The summed E-state index contributed by atoms with van der Waals surface area (Å²) in [6.07, 6.45) is 1.07. The zero-order chi connectivity index (χ0) is 22.4. The van der Waals surface area contributed by atoms with Crippen molar-refractivity contribution < 1.29 is 19.4 Å². The van der Waals surface area contributed by atoms with E-state index in [4.69, 9.17) is 9.47 Å². The van der Waals surface area contributed by atoms with E-state index in [-0.39, 0.29) is 6.10 Å². The molecule has 0 bridgehead atoms. The molecule has 3 rings (SSSR count). The lowest BCUT2D eigenvalue weighted by Gasteiger charge is -2.18. The molecule has 0 saturated carbocycles. The van der Waals surface area contributed by atoms with Gasteiger partial charge in [-0.3, -0.25) is 4.79 Å². The van der Waals surface area contributed by atoms with Gasteiger partial charge in [-0.15, -0.1) is 0 Å². The molecule has 3 aromatic rings. The van der Waals surface area contributed by atoms with E-state index < -0.39 is 0 Å². The van der Waals surface area contributed by atoms with Crippen LogP contribution in [0, 0.1) is 20.8 Å². The van der Waals surface area contributed by atoms with Gasteiger partial charge in [-0.05, 0) is 97.5 Å². The standard InChI is InChI=1S/C27H30O4/c1-18-14-25(30-13-12-20(3)29)15-19(2)27(18)26-7-5-6-23(21(26)4)17-31-24-10-8-22(16-28)9-11-24/h5-11,14-16,20,29H,12-13,17H2,1-4H3/t20-/m0/s1. The number of carbonyl (C=O) groups is 1. The van der Waals surface area contributed by atoms with Gasteiger partial charge in [0.25, 0.3) is 0 Å². The first-order valence-electron chi connectivity index (χ1n) is 10.6. The van der Waals surface area contributed by atoms with Crippen LogP contribution in [0.3, 0.4) is 0 Å². The van der Waals surface area contributed by atoms with Crippen LogP contribution in [0.5, 0.6) is 11.5 Å². The fourth-order valence-electron chi connectivity index (χ4n) is 3.69. The molecule has 0 spiro atoms. The molecule has 0 aliphatic carbocycles. The maximum absolute atomic E-state index is 10.8. The van der Waals surface area contributed by atoms with Gasteiger partial charge in [-0.2, -0.15) is 0 Å². The van der Waals surface area contributed by atoms with Crippen LogP contribution < -0.4 is 9.47 Å². The van der Waals surface area contributed by atoms with Crippen LogP contribution >= 0.6 is 0 Å². The van der Waals surface area contributed by atoms with Crippen LogP contribution in [0.2, 0.25) is 0 Å². The highest BCUT2D eigenvalue weighted by Gasteiger charge is 2.13. The first-order chi connectivity index (χ1) is 14.9. The Morgan fingerprint density at radius 2 is 1.61 bits per heavy atom. The number of aliphatic hydroxyl groups excluding tert-OH is 1. The number of benzene rings is 3. The number of aliphatic hydroxyl groups is 1. The third-order valence-corrected chi connectivity index (χ3v) is 5.44. The van der Waals surface area contributed by atoms with Gasteiger partial charge in [-0.1, -0.05) is 18.2 Å². The van der Waals surface area contributed by atoms with E-state index in [1.54, 1.807) is 19.1 Å². The van der Waals surface area contributed by atoms with E-state index >= 15 is 0 Å². The molecule has 1 atom stereocenters. The first kappa shape index (κ1) is 22.6. The molecule has 0 radical (unpaired) electrons. The van der Waals surface area contributed by atoms with Crippen LogP contribution in [-0.2, 0) is 6.61 Å². The summed E-state index contributed by atoms with van der Waals surface area (Å²) in [6.45, 7) is 9.04. The van der Waals surface area contributed by atoms with E-state index in [0.29, 0.717) is 25.2 Å². The SMILES string of the molecule is Cc1cc(OCC[C@H](C)O)cc(C)c1-c1cccc(COc2ccc(C=O)cc2)c1C. The molecule has 0 aliphatic heterocycles. The first-order valence-corrected chi connectivity index (χ1v) is 10.6. The summed E-state index contributed by atoms with van der Waals surface area (Å²) >= 11 is 0. The van der Waals surface area contributed by atoms with E-state index in [1.165, 1.54) is 16.7 Å². The van der Waals surface area contributed by atoms with Gasteiger partial charge in [0.05, 0.1) is 12.7 Å². The molecule has 31 heavy (non-hydrogen) atoms. The molecular formula is C27H30O4. The van der Waals surface area contributed by atoms with Crippen LogP contribution in [-0.4, -0.2) is 24.1 Å². The van der Waals surface area contributed by atoms with E-state index in [1.807, 2.05) is 12.1 Å². The molecule has 0 fully saturated rings. The van der Waals surface area contributed by atoms with Gasteiger partial charge in [-0.25, -0.2) is 0 Å². The summed E-state index contributed by atoms with van der Waals surface area (Å²) in [4.78, 5) is 10.8. The van der Waals surface area contributed by atoms with Crippen LogP contribution in [0.4, 0.5) is 0 Å². The van der Waals surface area contributed by atoms with Crippen molar-refractivity contribution >= 4 is 6.29 Å². The molecule has 4 nitrogen and oxygen atoms in total. The number of hydrogen-bond acceptors (Lipinski definition) is 4. The zero-order valence-electron chi connectivity index (χ0n) is 18.6. The number of aldehydes is 1. The van der Waals surface area contributed by atoms with Gasteiger partial charge in [0.2, 0.25) is 0 Å². The maximum atomic E-state index is 10.8. The third-order valence-electron chi connectivity index (χ3n) is 5.44. The van der Waals surface area contributed by atoms with Gasteiger partial charge in [0, 0.05) is 12.0 Å². The van der Waals surface area contributed by atoms with Crippen LogP contribution in [0.1, 0.15) is 46.0 Å². The minimum Gasteiger partial charge on any atom is -0.493 e. The minimum absolute atomic E-state index is 0.364. The lowest BCUT2D eigenvalue weighted by Crippen LogP contribution is -2.07. The Morgan fingerprint density at radius 1 is 0.935 bits per heavy atom. The fourth-order valence-corrected chi connectivity index (χ4v) is 3.69. The molecule has 162 valence electrons. The Bertz CT molecular complexity index is 1010. The van der Waals surface area contributed by atoms with Gasteiger partial charge < -0.3 is 14.6 Å². The average Bonchev–Trinajstić information content (AvgIpc) is 2.73. The second-order valence-electron chi connectivity index (χ2n) is 7.98. The van der Waals surface area contributed by atoms with Gasteiger partial charge in [0.1, 0.15) is 24.4 Å². The summed E-state index contributed by atoms with van der Waals surface area (Å²) in [7, 11) is 0. The van der Waals surface area contributed by atoms with Crippen molar-refractivity contribution in [1.29, 1.82) is 0 Å². The average molecular weight is 419 g/mol. The topological polar surface area (TPSA) is 55.8 Å². The predicted octanol–water partition coefficient (Wildman–Crippen LogP) is 5.82. The molecule has 0 aromatic heterocycles. The molecule has 0 unspecified atom stereocenters. The monoisotopic (exact) mass is 418 g/mol. The van der Waals surface area contributed by atoms with Crippen molar-refractivity contribution in [3.63, 3.8) is 0 Å². The van der Waals surface area contributed by atoms with Crippen molar-refractivity contribution in [3.05, 3.63) is 82.4 Å². The molecule has 0 heterocycles. The fraction of sp³-hybridized carbons (Fsp3) is 0.296. The smallest absolute Gasteiger partial charge is 0.150 e. The molecule has 0 saturated heterocycles. The summed E-state index contributed by atoms with van der Waals surface area (Å²) in [5, 5.41) is 9.42. The second kappa shape index (κ2) is 10.3. The Labute approximate surface area is 184 Å². The molecule has 3 aromatic carbocycles. The summed E-state index contributed by atoms with van der Waals surface area (Å²) < 4.78 is 11.8. The van der Waals surface area contributed by atoms with Gasteiger partial charge >= 0.3 is 0 Å². The molecule has 0 amide bonds. The Balaban J connectivity index is 1.80. The predicted molar refractivity (Wildman–Crippen MR) is 124 cm³/mol. The van der Waals surface area contributed by atoms with E-state index in [9.17, 15) is 9.90 Å². The summed E-state index contributed by atoms with van der Waals surface area (Å²) in [6, 6.07) is 17.5. The second-order valence-corrected chi connectivity index (χ2v) is 7.98. The molecular weight excluding hydrogens is 388 g/mol. The van der Waals surface area contributed by atoms with E-state index in [0.717, 1.165) is 34.5 Å². The number of ether oxygens (including phenoxy) is 2. The lowest BCUT2D eigenvalue weighted by molar-refractivity contribution is 0.112. The summed E-state index contributed by atoms with van der Waals surface area (Å²) in [5.74, 6) is 1.57. The van der Waals surface area contributed by atoms with Crippen molar-refractivity contribution in [2.24, 2.45) is 0 Å². The van der Waals surface area contributed by atoms with E-state index in [2.05, 4.69) is 51.1 Å². The third kappa shape index (κ3) is 5.74. The minimum atomic E-state index is -0.364. The number of rotatable bonds is 9. The molecule has 1 N–H and O–H groups in total. The number of carbonyl (C=O) groups excluding carboxylic acids is 1. The van der Waals surface area contributed by atoms with Crippen molar-refractivity contribution in [2.45, 2.75) is 46.8 Å². The number of hydrogen-bond donors (Lipinski definition) is 1. The quantitative estimate of drug-likeness (QED) is 0.445. The van der Waals surface area contributed by atoms with Crippen LogP contribution in [0.25, 0.3) is 11.1 Å². The van der Waals surface area contributed by atoms with Crippen molar-refractivity contribution in [1.82, 2.24) is 0 Å². The summed E-state index contributed by atoms with van der Waals surface area (Å²) in [5.41, 5.74) is 7.62. The normalized spacial score (nSPS) is 11.8. The molecule has 4 heteroatoms. The molecule has 0 aliphatic rings. The van der Waals surface area contributed by atoms with Crippen molar-refractivity contribution in [3.8, 4) is 22.6 Å². The zero-order valence-corrected chi connectivity index (χ0v) is 18.6. The Morgan fingerprint density at radius 3 is 2.23 bits per heavy atom.